The molecule has 1 unspecified atom stereocenters. The van der Waals surface area contributed by atoms with Gasteiger partial charge in [0.1, 0.15) is 0 Å². The molecule has 0 aromatic heterocycles. The van der Waals surface area contributed by atoms with Crippen molar-refractivity contribution in [2.75, 3.05) is 19.8 Å². The molecule has 0 saturated carbocycles. The van der Waals surface area contributed by atoms with Gasteiger partial charge in [0.2, 0.25) is 0 Å². The number of rotatable bonds is 8. The zero-order chi connectivity index (χ0) is 14.3. The van der Waals surface area contributed by atoms with Crippen LogP contribution in [0.1, 0.15) is 42.5 Å². The van der Waals surface area contributed by atoms with Crippen LogP contribution in [0.2, 0.25) is 0 Å². The van der Waals surface area contributed by atoms with Crippen LogP contribution in [0.5, 0.6) is 0 Å². The summed E-state index contributed by atoms with van der Waals surface area (Å²) in [5.74, 6) is 0. The summed E-state index contributed by atoms with van der Waals surface area (Å²) in [4.78, 5) is 0. The molecular weight excluding hydrogens is 234 g/mol. The fourth-order valence-electron chi connectivity index (χ4n) is 2.58. The minimum absolute atomic E-state index is 0.417. The van der Waals surface area contributed by atoms with E-state index in [0.29, 0.717) is 6.04 Å². The summed E-state index contributed by atoms with van der Waals surface area (Å²) in [6, 6.07) is 4.97. The van der Waals surface area contributed by atoms with E-state index in [-0.39, 0.29) is 0 Å². The van der Waals surface area contributed by atoms with Crippen molar-refractivity contribution in [3.63, 3.8) is 0 Å². The number of nitrogens with one attached hydrogen (secondary N) is 1. The van der Waals surface area contributed by atoms with Gasteiger partial charge in [-0.25, -0.2) is 0 Å². The quantitative estimate of drug-likeness (QED) is 0.774. The number of hydrogen-bond acceptors (Lipinski definition) is 2. The first kappa shape index (κ1) is 16.2. The highest BCUT2D eigenvalue weighted by Crippen LogP contribution is 2.18. The first-order valence-electron chi connectivity index (χ1n) is 7.46. The fourth-order valence-corrected chi connectivity index (χ4v) is 2.58. The largest absolute Gasteiger partial charge is 0.380 e. The Kier molecular flexibility index (Phi) is 7.11. The molecule has 0 saturated heterocycles. The number of hydrogen-bond donors (Lipinski definition) is 1. The lowest BCUT2D eigenvalue weighted by Gasteiger charge is -2.21. The molecule has 1 aromatic carbocycles. The summed E-state index contributed by atoms with van der Waals surface area (Å²) in [7, 11) is 0. The first-order chi connectivity index (χ1) is 9.08. The molecule has 0 fully saturated rings. The van der Waals surface area contributed by atoms with Gasteiger partial charge in [0, 0.05) is 12.6 Å². The van der Waals surface area contributed by atoms with Crippen molar-refractivity contribution in [2.45, 2.75) is 53.5 Å². The van der Waals surface area contributed by atoms with E-state index in [4.69, 9.17) is 4.74 Å². The average Bonchev–Trinajstić information content (AvgIpc) is 2.35. The van der Waals surface area contributed by atoms with E-state index in [1.54, 1.807) is 0 Å². The Labute approximate surface area is 118 Å². The van der Waals surface area contributed by atoms with Crippen LogP contribution in [-0.4, -0.2) is 25.8 Å². The lowest BCUT2D eigenvalue weighted by Crippen LogP contribution is -2.36. The van der Waals surface area contributed by atoms with Crippen LogP contribution in [0.25, 0.3) is 0 Å². The highest BCUT2D eigenvalue weighted by molar-refractivity contribution is 5.38. The molecule has 0 bridgehead atoms. The van der Waals surface area contributed by atoms with Crippen LogP contribution in [0.3, 0.4) is 0 Å². The van der Waals surface area contributed by atoms with Crippen LogP contribution in [0.15, 0.2) is 12.1 Å². The van der Waals surface area contributed by atoms with Crippen molar-refractivity contribution in [2.24, 2.45) is 0 Å². The molecule has 108 valence electrons. The van der Waals surface area contributed by atoms with Crippen LogP contribution in [0, 0.1) is 20.8 Å². The third-order valence-corrected chi connectivity index (χ3v) is 3.50. The Hall–Kier alpha value is -0.860. The second-order valence-corrected chi connectivity index (χ2v) is 5.39. The van der Waals surface area contributed by atoms with Gasteiger partial charge in [-0.15, -0.1) is 0 Å². The molecule has 2 heteroatoms. The van der Waals surface area contributed by atoms with Crippen molar-refractivity contribution in [3.8, 4) is 0 Å². The maximum Gasteiger partial charge on any atom is 0.0622 e. The summed E-state index contributed by atoms with van der Waals surface area (Å²) < 4.78 is 5.61. The molecule has 0 aliphatic rings. The van der Waals surface area contributed by atoms with Crippen LogP contribution < -0.4 is 5.32 Å². The minimum atomic E-state index is 0.417. The van der Waals surface area contributed by atoms with Crippen LogP contribution in [0.4, 0.5) is 0 Å². The van der Waals surface area contributed by atoms with E-state index in [1.165, 1.54) is 22.3 Å². The lowest BCUT2D eigenvalue weighted by molar-refractivity contribution is 0.122. The van der Waals surface area contributed by atoms with Gasteiger partial charge in [-0.3, -0.25) is 0 Å². The van der Waals surface area contributed by atoms with Gasteiger partial charge in [0.25, 0.3) is 0 Å². The molecule has 1 N–H and O–H groups in total. The van der Waals surface area contributed by atoms with Crippen molar-refractivity contribution >= 4 is 0 Å². The fraction of sp³-hybridized carbons (Fsp3) is 0.647. The molecule has 0 amide bonds. The molecule has 0 spiro atoms. The Morgan fingerprint density at radius 3 is 2.26 bits per heavy atom. The van der Waals surface area contributed by atoms with E-state index in [1.807, 2.05) is 0 Å². The molecule has 2 nitrogen and oxygen atoms in total. The van der Waals surface area contributed by atoms with E-state index in [2.05, 4.69) is 52.1 Å². The van der Waals surface area contributed by atoms with Crippen molar-refractivity contribution in [1.29, 1.82) is 0 Å². The predicted molar refractivity (Wildman–Crippen MR) is 82.9 cm³/mol. The van der Waals surface area contributed by atoms with Gasteiger partial charge in [-0.2, -0.15) is 0 Å². The molecule has 1 rings (SSSR count). The molecular formula is C17H29NO. The van der Waals surface area contributed by atoms with E-state index in [9.17, 15) is 0 Å². The van der Waals surface area contributed by atoms with Gasteiger partial charge in [-0.1, -0.05) is 24.6 Å². The monoisotopic (exact) mass is 263 g/mol. The summed E-state index contributed by atoms with van der Waals surface area (Å²) in [5.41, 5.74) is 5.62. The molecule has 0 aliphatic carbocycles. The first-order valence-corrected chi connectivity index (χ1v) is 7.46. The van der Waals surface area contributed by atoms with Crippen molar-refractivity contribution < 1.29 is 4.74 Å². The van der Waals surface area contributed by atoms with Gasteiger partial charge in [0.05, 0.1) is 6.61 Å². The topological polar surface area (TPSA) is 21.3 Å². The third kappa shape index (κ3) is 5.33. The molecule has 0 aliphatic heterocycles. The summed E-state index contributed by atoms with van der Waals surface area (Å²) >= 11 is 0. The Morgan fingerprint density at radius 1 is 1.11 bits per heavy atom. The normalized spacial score (nSPS) is 12.7. The summed E-state index contributed by atoms with van der Waals surface area (Å²) in [5, 5.41) is 3.60. The average molecular weight is 263 g/mol. The third-order valence-electron chi connectivity index (χ3n) is 3.50. The number of benzene rings is 1. The summed E-state index contributed by atoms with van der Waals surface area (Å²) in [6.07, 6.45) is 2.21. The maximum atomic E-state index is 5.61. The van der Waals surface area contributed by atoms with E-state index in [0.717, 1.165) is 32.6 Å². The van der Waals surface area contributed by atoms with Crippen LogP contribution >= 0.6 is 0 Å². The van der Waals surface area contributed by atoms with Gasteiger partial charge >= 0.3 is 0 Å². The van der Waals surface area contributed by atoms with E-state index >= 15 is 0 Å². The number of aryl methyl sites for hydroxylation is 3. The number of ether oxygens (including phenoxy) is 1. The zero-order valence-electron chi connectivity index (χ0n) is 13.2. The van der Waals surface area contributed by atoms with Gasteiger partial charge in [-0.05, 0) is 63.8 Å². The molecule has 0 heterocycles. The Morgan fingerprint density at radius 2 is 1.74 bits per heavy atom. The standard InChI is InChI=1S/C17H29NO/c1-6-8-18-16(12-19-7-2)11-17-14(4)9-13(3)10-15(17)5/h9-10,16,18H,6-8,11-12H2,1-5H3. The maximum absolute atomic E-state index is 5.61. The molecule has 1 atom stereocenters. The van der Waals surface area contributed by atoms with Crippen molar-refractivity contribution in [1.82, 2.24) is 5.32 Å². The van der Waals surface area contributed by atoms with E-state index < -0.39 is 0 Å². The zero-order valence-corrected chi connectivity index (χ0v) is 13.2. The molecule has 0 radical (unpaired) electrons. The highest BCUT2D eigenvalue weighted by atomic mass is 16.5. The molecule has 19 heavy (non-hydrogen) atoms. The SMILES string of the molecule is CCCNC(COCC)Cc1c(C)cc(C)cc1C. The van der Waals surface area contributed by atoms with Crippen LogP contribution in [-0.2, 0) is 11.2 Å². The Bertz CT molecular complexity index is 356. The predicted octanol–water partition coefficient (Wildman–Crippen LogP) is 3.56. The minimum Gasteiger partial charge on any atom is -0.380 e. The Balaban J connectivity index is 2.77. The smallest absolute Gasteiger partial charge is 0.0622 e. The van der Waals surface area contributed by atoms with Gasteiger partial charge in [0.15, 0.2) is 0 Å². The summed E-state index contributed by atoms with van der Waals surface area (Å²) in [6.45, 7) is 13.5. The van der Waals surface area contributed by atoms with Crippen molar-refractivity contribution in [3.05, 3.63) is 34.4 Å². The lowest BCUT2D eigenvalue weighted by atomic mass is 9.94. The highest BCUT2D eigenvalue weighted by Gasteiger charge is 2.12. The van der Waals surface area contributed by atoms with Gasteiger partial charge < -0.3 is 10.1 Å². The second kappa shape index (κ2) is 8.34. The second-order valence-electron chi connectivity index (χ2n) is 5.39. The molecule has 1 aromatic rings.